The number of nitrogens with zero attached hydrogens (tertiary/aromatic N) is 3. The molecule has 0 saturated heterocycles. The van der Waals surface area contributed by atoms with Crippen LogP contribution in [0, 0.1) is 6.92 Å². The molecule has 0 spiro atoms. The largest absolute Gasteiger partial charge is 0.493 e. The summed E-state index contributed by atoms with van der Waals surface area (Å²) in [5.41, 5.74) is 1.78. The topological polar surface area (TPSA) is 131 Å². The summed E-state index contributed by atoms with van der Waals surface area (Å²) in [4.78, 5) is 38.0. The van der Waals surface area contributed by atoms with Gasteiger partial charge in [-0.1, -0.05) is 12.1 Å². The maximum absolute atomic E-state index is 12.8. The summed E-state index contributed by atoms with van der Waals surface area (Å²) in [6, 6.07) is 19.2. The molecule has 3 heterocycles. The van der Waals surface area contributed by atoms with Gasteiger partial charge in [0.15, 0.2) is 11.3 Å². The molecule has 0 unspecified atom stereocenters. The highest BCUT2D eigenvalue weighted by molar-refractivity contribution is 6.05. The minimum Gasteiger partial charge on any atom is -0.493 e. The first-order chi connectivity index (χ1) is 18.0. The van der Waals surface area contributed by atoms with Gasteiger partial charge in [-0.3, -0.25) is 4.79 Å². The minimum atomic E-state index is -0.748. The first-order valence-electron chi connectivity index (χ1n) is 11.3. The number of fused-ring (bicyclic) bond motifs is 1. The average molecular weight is 495 g/mol. The molecular formula is C27H22N6O4. The van der Waals surface area contributed by atoms with Crippen LogP contribution in [0.1, 0.15) is 15.9 Å². The number of para-hydroxylation sites is 1. The van der Waals surface area contributed by atoms with E-state index in [0.29, 0.717) is 39.9 Å². The molecule has 3 aromatic heterocycles. The Hall–Kier alpha value is -5.25. The van der Waals surface area contributed by atoms with Gasteiger partial charge in [0.25, 0.3) is 5.91 Å². The monoisotopic (exact) mass is 494 g/mol. The first-order valence-corrected chi connectivity index (χ1v) is 11.3. The van der Waals surface area contributed by atoms with Gasteiger partial charge >= 0.3 is 5.63 Å². The fraction of sp³-hybridized carbons (Fsp3) is 0.0741. The van der Waals surface area contributed by atoms with Crippen molar-refractivity contribution < 1.29 is 13.9 Å². The lowest BCUT2D eigenvalue weighted by Crippen LogP contribution is -2.20. The molecule has 1 amide bonds. The second kappa shape index (κ2) is 10.2. The molecule has 3 N–H and O–H groups in total. The SMILES string of the molecule is COc1cccc2cc(C(=O)Nc3ccc(Nc4cc(Nc5cc(C)ccn5)ncn4)cc3)c(=O)oc12. The van der Waals surface area contributed by atoms with Crippen LogP contribution in [-0.2, 0) is 0 Å². The lowest BCUT2D eigenvalue weighted by molar-refractivity contribution is 0.102. The van der Waals surface area contributed by atoms with Crippen LogP contribution in [0.2, 0.25) is 0 Å². The van der Waals surface area contributed by atoms with Crippen LogP contribution in [0.5, 0.6) is 5.75 Å². The molecule has 0 bridgehead atoms. The summed E-state index contributed by atoms with van der Waals surface area (Å²) >= 11 is 0. The number of methoxy groups -OCH3 is 1. The number of carbonyl (C=O) groups is 1. The number of carbonyl (C=O) groups excluding carboxylic acids is 1. The highest BCUT2D eigenvalue weighted by Crippen LogP contribution is 2.25. The van der Waals surface area contributed by atoms with Gasteiger partial charge in [0.1, 0.15) is 29.3 Å². The molecular weight excluding hydrogens is 472 g/mol. The summed E-state index contributed by atoms with van der Waals surface area (Å²) in [6.45, 7) is 1.99. The van der Waals surface area contributed by atoms with Crippen molar-refractivity contribution in [2.75, 3.05) is 23.1 Å². The van der Waals surface area contributed by atoms with Gasteiger partial charge in [0.05, 0.1) is 7.11 Å². The van der Waals surface area contributed by atoms with E-state index in [9.17, 15) is 9.59 Å². The van der Waals surface area contributed by atoms with Gasteiger partial charge in [-0.15, -0.1) is 0 Å². The highest BCUT2D eigenvalue weighted by atomic mass is 16.5. The van der Waals surface area contributed by atoms with E-state index in [4.69, 9.17) is 9.15 Å². The number of anilines is 5. The smallest absolute Gasteiger partial charge is 0.349 e. The van der Waals surface area contributed by atoms with Gasteiger partial charge in [0, 0.05) is 29.0 Å². The number of benzene rings is 2. The second-order valence-corrected chi connectivity index (χ2v) is 8.11. The predicted molar refractivity (Wildman–Crippen MR) is 141 cm³/mol. The minimum absolute atomic E-state index is 0.105. The highest BCUT2D eigenvalue weighted by Gasteiger charge is 2.16. The van der Waals surface area contributed by atoms with Gasteiger partial charge < -0.3 is 25.1 Å². The Morgan fingerprint density at radius 2 is 1.59 bits per heavy atom. The number of amides is 1. The third-order valence-corrected chi connectivity index (χ3v) is 5.44. The van der Waals surface area contributed by atoms with E-state index >= 15 is 0 Å². The number of hydrogen-bond donors (Lipinski definition) is 3. The second-order valence-electron chi connectivity index (χ2n) is 8.11. The zero-order valence-corrected chi connectivity index (χ0v) is 20.0. The molecule has 0 aliphatic rings. The molecule has 5 aromatic rings. The molecule has 0 saturated carbocycles. The lowest BCUT2D eigenvalue weighted by atomic mass is 10.1. The van der Waals surface area contributed by atoms with E-state index in [-0.39, 0.29) is 5.56 Å². The zero-order chi connectivity index (χ0) is 25.8. The van der Waals surface area contributed by atoms with Gasteiger partial charge in [0.2, 0.25) is 0 Å². The van der Waals surface area contributed by atoms with Crippen molar-refractivity contribution in [3.63, 3.8) is 0 Å². The van der Waals surface area contributed by atoms with Crippen molar-refractivity contribution in [2.45, 2.75) is 6.92 Å². The molecule has 2 aromatic carbocycles. The van der Waals surface area contributed by atoms with Gasteiger partial charge in [-0.05, 0) is 61.0 Å². The van der Waals surface area contributed by atoms with E-state index in [2.05, 4.69) is 30.9 Å². The predicted octanol–water partition coefficient (Wildman–Crippen LogP) is 5.03. The van der Waals surface area contributed by atoms with Crippen molar-refractivity contribution in [3.05, 3.63) is 101 Å². The number of hydrogen-bond acceptors (Lipinski definition) is 9. The van der Waals surface area contributed by atoms with E-state index in [1.54, 1.807) is 54.7 Å². The molecule has 0 aliphatic heterocycles. The number of pyridine rings is 1. The molecule has 184 valence electrons. The van der Waals surface area contributed by atoms with Crippen LogP contribution in [-0.4, -0.2) is 28.0 Å². The van der Waals surface area contributed by atoms with Crippen molar-refractivity contribution in [1.82, 2.24) is 15.0 Å². The van der Waals surface area contributed by atoms with Crippen LogP contribution in [0.25, 0.3) is 11.0 Å². The van der Waals surface area contributed by atoms with E-state index < -0.39 is 11.5 Å². The molecule has 5 rings (SSSR count). The Morgan fingerprint density at radius 3 is 2.35 bits per heavy atom. The molecule has 0 fully saturated rings. The summed E-state index contributed by atoms with van der Waals surface area (Å²) in [6.07, 6.45) is 3.17. The normalized spacial score (nSPS) is 10.6. The van der Waals surface area contributed by atoms with E-state index in [1.807, 2.05) is 19.1 Å². The quantitative estimate of drug-likeness (QED) is 0.266. The number of aryl methyl sites for hydroxylation is 1. The van der Waals surface area contributed by atoms with E-state index in [1.165, 1.54) is 19.5 Å². The van der Waals surface area contributed by atoms with Crippen LogP contribution in [0.3, 0.4) is 0 Å². The molecule has 10 nitrogen and oxygen atoms in total. The van der Waals surface area contributed by atoms with Gasteiger partial charge in [-0.25, -0.2) is 19.7 Å². The first kappa shape index (κ1) is 23.5. The Morgan fingerprint density at radius 1 is 0.865 bits per heavy atom. The Balaban J connectivity index is 1.27. The maximum Gasteiger partial charge on any atom is 0.349 e. The summed E-state index contributed by atoms with van der Waals surface area (Å²) in [7, 11) is 1.48. The standard InChI is InChI=1S/C27H22N6O4/c1-16-10-11-28-22(12-16)33-24-14-23(29-15-30-24)31-18-6-8-19(9-7-18)32-26(34)20-13-17-4-3-5-21(36-2)25(17)37-27(20)35/h3-15H,1-2H3,(H,32,34)(H2,28,29,30,31,33). The summed E-state index contributed by atoms with van der Waals surface area (Å²) < 4.78 is 10.6. The third kappa shape index (κ3) is 5.38. The summed E-state index contributed by atoms with van der Waals surface area (Å²) in [5.74, 6) is 1.69. The molecule has 37 heavy (non-hydrogen) atoms. The number of ether oxygens (including phenoxy) is 1. The Bertz CT molecular complexity index is 1650. The molecule has 0 radical (unpaired) electrons. The van der Waals surface area contributed by atoms with Crippen molar-refractivity contribution in [3.8, 4) is 5.75 Å². The van der Waals surface area contributed by atoms with Crippen LogP contribution < -0.4 is 26.3 Å². The fourth-order valence-electron chi connectivity index (χ4n) is 3.65. The van der Waals surface area contributed by atoms with Crippen LogP contribution >= 0.6 is 0 Å². The Labute approximate surface area is 211 Å². The van der Waals surface area contributed by atoms with Crippen molar-refractivity contribution in [2.24, 2.45) is 0 Å². The van der Waals surface area contributed by atoms with Crippen LogP contribution in [0.4, 0.5) is 28.8 Å². The molecule has 0 aliphatic carbocycles. The van der Waals surface area contributed by atoms with Gasteiger partial charge in [-0.2, -0.15) is 0 Å². The molecule has 0 atom stereocenters. The maximum atomic E-state index is 12.8. The van der Waals surface area contributed by atoms with Crippen LogP contribution in [0.15, 0.2) is 88.5 Å². The molecule has 10 heteroatoms. The Kier molecular flexibility index (Phi) is 6.45. The van der Waals surface area contributed by atoms with Crippen molar-refractivity contribution in [1.29, 1.82) is 0 Å². The fourth-order valence-corrected chi connectivity index (χ4v) is 3.65. The lowest BCUT2D eigenvalue weighted by Gasteiger charge is -2.10. The third-order valence-electron chi connectivity index (χ3n) is 5.44. The number of rotatable bonds is 7. The van der Waals surface area contributed by atoms with Crippen molar-refractivity contribution >= 4 is 45.7 Å². The van der Waals surface area contributed by atoms with E-state index in [0.717, 1.165) is 11.3 Å². The average Bonchev–Trinajstić information content (AvgIpc) is 2.89. The summed E-state index contributed by atoms with van der Waals surface area (Å²) in [5, 5.41) is 9.65. The number of nitrogens with one attached hydrogen (secondary N) is 3. The zero-order valence-electron chi connectivity index (χ0n) is 20.0. The number of aromatic nitrogens is 3.